The van der Waals surface area contributed by atoms with E-state index in [0.717, 1.165) is 16.6 Å². The summed E-state index contributed by atoms with van der Waals surface area (Å²) in [4.78, 5) is 0. The molecule has 1 aromatic heterocycles. The van der Waals surface area contributed by atoms with Crippen molar-refractivity contribution in [1.29, 1.82) is 0 Å². The molecule has 0 saturated carbocycles. The highest BCUT2D eigenvalue weighted by Crippen LogP contribution is 2.54. The van der Waals surface area contributed by atoms with Crippen molar-refractivity contribution in [2.75, 3.05) is 5.32 Å². The number of alkyl halides is 3. The number of nitrogens with zero attached hydrogens (tertiary/aromatic N) is 1. The lowest BCUT2D eigenvalue weighted by molar-refractivity contribution is -0.268. The molecule has 0 fully saturated rings. The molecule has 2 atom stereocenters. The number of rotatable bonds is 2. The summed E-state index contributed by atoms with van der Waals surface area (Å²) in [5.41, 5.74) is -1.09. The normalized spacial score (nSPS) is 24.7. The van der Waals surface area contributed by atoms with Gasteiger partial charge in [0.2, 0.25) is 0 Å². The fourth-order valence-corrected chi connectivity index (χ4v) is 4.63. The van der Waals surface area contributed by atoms with Gasteiger partial charge in [0.15, 0.2) is 17.1 Å². The van der Waals surface area contributed by atoms with Gasteiger partial charge in [-0.3, -0.25) is 5.10 Å². The summed E-state index contributed by atoms with van der Waals surface area (Å²) in [6.45, 7) is 3.36. The fourth-order valence-electron chi connectivity index (χ4n) is 4.63. The monoisotopic (exact) mass is 419 g/mol. The zero-order chi connectivity index (χ0) is 21.3. The lowest BCUT2D eigenvalue weighted by atomic mass is 9.65. The first-order valence-electron chi connectivity index (χ1n) is 9.55. The summed E-state index contributed by atoms with van der Waals surface area (Å²) < 4.78 is 52.4. The molecule has 5 rings (SSSR count). The van der Waals surface area contributed by atoms with Gasteiger partial charge in [0.05, 0.1) is 17.4 Å². The predicted molar refractivity (Wildman–Crippen MR) is 104 cm³/mol. The maximum absolute atomic E-state index is 13.5. The Hall–Kier alpha value is -2.94. The number of benzene rings is 2. The van der Waals surface area contributed by atoms with Crippen LogP contribution in [0.15, 0.2) is 36.5 Å². The molecule has 30 heavy (non-hydrogen) atoms. The molecule has 0 spiro atoms. The van der Waals surface area contributed by atoms with Crippen molar-refractivity contribution in [3.63, 3.8) is 0 Å². The number of fused-ring (bicyclic) bond motifs is 4. The number of aliphatic hydroxyl groups is 1. The Bertz CT molecular complexity index is 1140. The molecular formula is C21H20F3N3O3. The Morgan fingerprint density at radius 3 is 2.77 bits per heavy atom. The molecule has 2 aromatic carbocycles. The van der Waals surface area contributed by atoms with Crippen molar-refractivity contribution in [3.8, 4) is 11.5 Å². The highest BCUT2D eigenvalue weighted by Gasteiger charge is 2.59. The Morgan fingerprint density at radius 1 is 1.20 bits per heavy atom. The van der Waals surface area contributed by atoms with Crippen LogP contribution in [-0.2, 0) is 11.8 Å². The molecular weight excluding hydrogens is 399 g/mol. The number of aromatic nitrogens is 2. The minimum absolute atomic E-state index is 0.408. The zero-order valence-corrected chi connectivity index (χ0v) is 16.3. The second kappa shape index (κ2) is 6.04. The maximum atomic E-state index is 13.5. The molecule has 0 saturated heterocycles. The van der Waals surface area contributed by atoms with Gasteiger partial charge in [0, 0.05) is 17.4 Å². The first kappa shape index (κ1) is 19.0. The van der Waals surface area contributed by atoms with Crippen molar-refractivity contribution in [1.82, 2.24) is 10.2 Å². The molecule has 9 heteroatoms. The average Bonchev–Trinajstić information content (AvgIpc) is 3.26. The van der Waals surface area contributed by atoms with Crippen LogP contribution < -0.4 is 14.8 Å². The third-order valence-electron chi connectivity index (χ3n) is 5.85. The van der Waals surface area contributed by atoms with Gasteiger partial charge in [-0.2, -0.15) is 18.3 Å². The van der Waals surface area contributed by atoms with E-state index in [2.05, 4.69) is 15.5 Å². The van der Waals surface area contributed by atoms with Crippen molar-refractivity contribution < 1.29 is 27.8 Å². The van der Waals surface area contributed by atoms with E-state index < -0.39 is 36.4 Å². The van der Waals surface area contributed by atoms with Crippen LogP contribution in [0.2, 0.25) is 0 Å². The number of halogens is 3. The van der Waals surface area contributed by atoms with E-state index >= 15 is 0 Å². The number of hydrogen-bond acceptors (Lipinski definition) is 5. The van der Waals surface area contributed by atoms with Crippen molar-refractivity contribution in [2.24, 2.45) is 0 Å². The highest BCUT2D eigenvalue weighted by molar-refractivity contribution is 5.90. The van der Waals surface area contributed by atoms with E-state index in [4.69, 9.17) is 9.47 Å². The lowest BCUT2D eigenvalue weighted by Crippen LogP contribution is -2.53. The summed E-state index contributed by atoms with van der Waals surface area (Å²) in [6.07, 6.45) is -4.85. The van der Waals surface area contributed by atoms with Crippen molar-refractivity contribution >= 4 is 16.6 Å². The van der Waals surface area contributed by atoms with Gasteiger partial charge >= 0.3 is 12.6 Å². The van der Waals surface area contributed by atoms with Crippen LogP contribution in [0.4, 0.5) is 18.9 Å². The molecule has 158 valence electrons. The molecule has 0 amide bonds. The Balaban J connectivity index is 1.48. The number of nitrogens with one attached hydrogen (secondary N) is 2. The van der Waals surface area contributed by atoms with Crippen LogP contribution in [0, 0.1) is 0 Å². The van der Waals surface area contributed by atoms with Crippen LogP contribution in [0.3, 0.4) is 0 Å². The smallest absolute Gasteiger partial charge is 0.417 e. The topological polar surface area (TPSA) is 79.4 Å². The molecule has 0 radical (unpaired) electrons. The standard InChI is InChI=1S/C21H20F3N3O3/c1-19(2)10-20(28,21(22,23)24)8-11-6-7-15-17(16(11)19)30-18(29-15)26-13-4-3-5-14-12(13)9-25-27-14/h3-7,9,18,26,28H,8,10H2,1-2H3,(H,25,27). The quantitative estimate of drug-likeness (QED) is 0.579. The van der Waals surface area contributed by atoms with E-state index in [1.807, 2.05) is 18.2 Å². The van der Waals surface area contributed by atoms with E-state index in [-0.39, 0.29) is 0 Å². The summed E-state index contributed by atoms with van der Waals surface area (Å²) in [7, 11) is 0. The van der Waals surface area contributed by atoms with E-state index in [1.54, 1.807) is 32.2 Å². The second-order valence-electron chi connectivity index (χ2n) is 8.54. The Labute approximate surface area is 170 Å². The molecule has 2 heterocycles. The minimum atomic E-state index is -4.72. The van der Waals surface area contributed by atoms with E-state index in [0.29, 0.717) is 22.6 Å². The van der Waals surface area contributed by atoms with Gasteiger partial charge < -0.3 is 19.9 Å². The summed E-state index contributed by atoms with van der Waals surface area (Å²) >= 11 is 0. The van der Waals surface area contributed by atoms with Crippen LogP contribution in [0.25, 0.3) is 10.9 Å². The van der Waals surface area contributed by atoms with E-state index in [1.165, 1.54) is 0 Å². The third-order valence-corrected chi connectivity index (χ3v) is 5.85. The van der Waals surface area contributed by atoms with Gasteiger partial charge in [0.25, 0.3) is 0 Å². The summed E-state index contributed by atoms with van der Waals surface area (Å²) in [6, 6.07) is 8.77. The summed E-state index contributed by atoms with van der Waals surface area (Å²) in [5, 5.41) is 21.3. The molecule has 3 aromatic rings. The van der Waals surface area contributed by atoms with Gasteiger partial charge in [-0.05, 0) is 35.6 Å². The molecule has 2 aliphatic rings. The molecule has 6 nitrogen and oxygen atoms in total. The van der Waals surface area contributed by atoms with Crippen LogP contribution in [-0.4, -0.2) is 33.5 Å². The van der Waals surface area contributed by atoms with Crippen LogP contribution in [0.1, 0.15) is 31.4 Å². The molecule has 1 aliphatic heterocycles. The molecule has 1 aliphatic carbocycles. The molecule has 0 bridgehead atoms. The number of anilines is 1. The van der Waals surface area contributed by atoms with Crippen molar-refractivity contribution in [3.05, 3.63) is 47.7 Å². The number of hydrogen-bond donors (Lipinski definition) is 3. The van der Waals surface area contributed by atoms with Gasteiger partial charge in [-0.1, -0.05) is 26.0 Å². The second-order valence-corrected chi connectivity index (χ2v) is 8.54. The van der Waals surface area contributed by atoms with Crippen LogP contribution in [0.5, 0.6) is 11.5 Å². The first-order chi connectivity index (χ1) is 14.1. The zero-order valence-electron chi connectivity index (χ0n) is 16.3. The molecule has 3 N–H and O–H groups in total. The Kier molecular flexibility index (Phi) is 3.83. The minimum Gasteiger partial charge on any atom is -0.433 e. The fraction of sp³-hybridized carbons (Fsp3) is 0.381. The van der Waals surface area contributed by atoms with Gasteiger partial charge in [0.1, 0.15) is 0 Å². The van der Waals surface area contributed by atoms with Gasteiger partial charge in [-0.15, -0.1) is 0 Å². The maximum Gasteiger partial charge on any atom is 0.417 e. The van der Waals surface area contributed by atoms with Crippen molar-refractivity contribution in [2.45, 2.75) is 50.3 Å². The summed E-state index contributed by atoms with van der Waals surface area (Å²) in [5.74, 6) is 0.870. The van der Waals surface area contributed by atoms with E-state index in [9.17, 15) is 18.3 Å². The third kappa shape index (κ3) is 2.79. The lowest BCUT2D eigenvalue weighted by Gasteiger charge is -2.43. The number of aromatic amines is 1. The number of ether oxygens (including phenoxy) is 2. The SMILES string of the molecule is CC1(C)CC(O)(C(F)(F)F)Cc2ccc3c(c21)OC(Nc1cccc2[nH]ncc12)O3. The first-order valence-corrected chi connectivity index (χ1v) is 9.55. The number of H-pyrrole nitrogens is 1. The van der Waals surface area contributed by atoms with Gasteiger partial charge in [-0.25, -0.2) is 0 Å². The molecule has 2 unspecified atom stereocenters. The van der Waals surface area contributed by atoms with Crippen LogP contribution >= 0.6 is 0 Å². The largest absolute Gasteiger partial charge is 0.433 e. The average molecular weight is 419 g/mol. The highest BCUT2D eigenvalue weighted by atomic mass is 19.4. The predicted octanol–water partition coefficient (Wildman–Crippen LogP) is 4.25. The Morgan fingerprint density at radius 2 is 2.00 bits per heavy atom.